The summed E-state index contributed by atoms with van der Waals surface area (Å²) in [6, 6.07) is 7.83. The van der Waals surface area contributed by atoms with Crippen LogP contribution in [0, 0.1) is 0 Å². The number of amides is 2. The summed E-state index contributed by atoms with van der Waals surface area (Å²) in [5, 5.41) is 6.04. The summed E-state index contributed by atoms with van der Waals surface area (Å²) >= 11 is 0. The molecule has 2 aliphatic rings. The average Bonchev–Trinajstić information content (AvgIpc) is 3.28. The first-order valence-corrected chi connectivity index (χ1v) is 7.86. The van der Waals surface area contributed by atoms with E-state index in [4.69, 9.17) is 4.74 Å². The summed E-state index contributed by atoms with van der Waals surface area (Å²) < 4.78 is 5.26. The molecule has 0 aromatic heterocycles. The molecule has 2 amide bonds. The summed E-state index contributed by atoms with van der Waals surface area (Å²) in [4.78, 5) is 23.7. The van der Waals surface area contributed by atoms with E-state index < -0.39 is 0 Å². The lowest BCUT2D eigenvalue weighted by molar-refractivity contribution is -0.125. The first-order valence-electron chi connectivity index (χ1n) is 7.86. The van der Waals surface area contributed by atoms with E-state index in [1.54, 1.807) is 7.11 Å². The number of hydrogen-bond donors (Lipinski definition) is 2. The second-order valence-corrected chi connectivity index (χ2v) is 6.22. The van der Waals surface area contributed by atoms with E-state index >= 15 is 0 Å². The van der Waals surface area contributed by atoms with E-state index in [0.29, 0.717) is 12.8 Å². The second-order valence-electron chi connectivity index (χ2n) is 6.22. The van der Waals surface area contributed by atoms with Gasteiger partial charge in [-0.1, -0.05) is 12.1 Å². The van der Waals surface area contributed by atoms with Crippen LogP contribution in [0.2, 0.25) is 0 Å². The quantitative estimate of drug-likeness (QED) is 0.872. The van der Waals surface area contributed by atoms with Gasteiger partial charge in [0.05, 0.1) is 12.6 Å². The highest BCUT2D eigenvalue weighted by Crippen LogP contribution is 2.46. The largest absolute Gasteiger partial charge is 0.497 e. The van der Waals surface area contributed by atoms with E-state index in [1.807, 2.05) is 24.3 Å². The zero-order valence-electron chi connectivity index (χ0n) is 12.9. The van der Waals surface area contributed by atoms with Crippen LogP contribution in [-0.2, 0) is 15.1 Å². The van der Waals surface area contributed by atoms with Crippen LogP contribution in [0.5, 0.6) is 5.75 Å². The van der Waals surface area contributed by atoms with Gasteiger partial charge >= 0.3 is 0 Å². The molecule has 3 rings (SSSR count). The molecule has 22 heavy (non-hydrogen) atoms. The zero-order valence-corrected chi connectivity index (χ0v) is 12.9. The number of methoxy groups -OCH3 is 1. The van der Waals surface area contributed by atoms with E-state index in [0.717, 1.165) is 37.0 Å². The van der Waals surface area contributed by atoms with Crippen molar-refractivity contribution in [1.82, 2.24) is 10.6 Å². The Bertz CT molecular complexity index is 581. The Morgan fingerprint density at radius 2 is 2.27 bits per heavy atom. The van der Waals surface area contributed by atoms with E-state index in [1.165, 1.54) is 0 Å². The Morgan fingerprint density at radius 1 is 1.45 bits per heavy atom. The van der Waals surface area contributed by atoms with Crippen molar-refractivity contribution in [1.29, 1.82) is 0 Å². The van der Waals surface area contributed by atoms with Gasteiger partial charge in [-0.25, -0.2) is 0 Å². The van der Waals surface area contributed by atoms with Gasteiger partial charge in [0.1, 0.15) is 5.75 Å². The minimum Gasteiger partial charge on any atom is -0.497 e. The summed E-state index contributed by atoms with van der Waals surface area (Å²) in [6.45, 7) is 0. The molecule has 1 aliphatic heterocycles. The van der Waals surface area contributed by atoms with Crippen molar-refractivity contribution in [2.45, 2.75) is 50.1 Å². The molecule has 1 aromatic carbocycles. The summed E-state index contributed by atoms with van der Waals surface area (Å²) in [6.07, 6.45) is 4.57. The van der Waals surface area contributed by atoms with Crippen LogP contribution in [-0.4, -0.2) is 25.0 Å². The zero-order chi connectivity index (χ0) is 15.6. The van der Waals surface area contributed by atoms with Crippen LogP contribution in [0.1, 0.15) is 44.1 Å². The third-order valence-electron chi connectivity index (χ3n) is 4.50. The lowest BCUT2D eigenvalue weighted by atomic mass is 10.00. The van der Waals surface area contributed by atoms with Crippen molar-refractivity contribution < 1.29 is 14.3 Å². The topological polar surface area (TPSA) is 67.4 Å². The molecular weight excluding hydrogens is 280 g/mol. The minimum atomic E-state index is -0.246. The van der Waals surface area contributed by atoms with Crippen LogP contribution < -0.4 is 15.4 Å². The molecule has 1 aromatic rings. The third kappa shape index (κ3) is 3.24. The minimum absolute atomic E-state index is 0.00696. The molecule has 1 aliphatic carbocycles. The van der Waals surface area contributed by atoms with E-state index in [2.05, 4.69) is 10.6 Å². The number of ether oxygens (including phenoxy) is 1. The van der Waals surface area contributed by atoms with Gasteiger partial charge in [-0.05, 0) is 43.4 Å². The highest BCUT2D eigenvalue weighted by molar-refractivity contribution is 5.81. The number of benzene rings is 1. The van der Waals surface area contributed by atoms with Gasteiger partial charge in [-0.3, -0.25) is 9.59 Å². The van der Waals surface area contributed by atoms with Gasteiger partial charge in [-0.2, -0.15) is 0 Å². The summed E-state index contributed by atoms with van der Waals surface area (Å²) in [5.41, 5.74) is 0.845. The molecule has 1 atom stereocenters. The van der Waals surface area contributed by atoms with Crippen LogP contribution in [0.15, 0.2) is 24.3 Å². The van der Waals surface area contributed by atoms with Crippen LogP contribution in [0.25, 0.3) is 0 Å². The van der Waals surface area contributed by atoms with E-state index in [9.17, 15) is 9.59 Å². The number of carbonyl (C=O) groups excluding carboxylic acids is 2. The first kappa shape index (κ1) is 14.9. The normalized spacial score (nSPS) is 22.6. The van der Waals surface area contributed by atoms with Crippen LogP contribution in [0.3, 0.4) is 0 Å². The van der Waals surface area contributed by atoms with Crippen molar-refractivity contribution >= 4 is 11.8 Å². The smallest absolute Gasteiger partial charge is 0.222 e. The SMILES string of the molecule is COc1cccc(C2(NC(=O)CC3CCCC(=O)N3)CC2)c1. The van der Waals surface area contributed by atoms with Crippen molar-refractivity contribution in [2.75, 3.05) is 7.11 Å². The predicted octanol–water partition coefficient (Wildman–Crippen LogP) is 1.86. The molecule has 1 saturated heterocycles. The molecular formula is C17H22N2O3. The Hall–Kier alpha value is -2.04. The molecule has 1 heterocycles. The molecule has 1 saturated carbocycles. The number of carbonyl (C=O) groups is 2. The lowest BCUT2D eigenvalue weighted by Crippen LogP contribution is -2.44. The predicted molar refractivity (Wildman–Crippen MR) is 82.4 cm³/mol. The van der Waals surface area contributed by atoms with Gasteiger partial charge in [-0.15, -0.1) is 0 Å². The van der Waals surface area contributed by atoms with Gasteiger partial charge in [0.2, 0.25) is 11.8 Å². The molecule has 5 nitrogen and oxygen atoms in total. The molecule has 0 spiro atoms. The number of piperidine rings is 1. The average molecular weight is 302 g/mol. The summed E-state index contributed by atoms with van der Waals surface area (Å²) in [7, 11) is 1.64. The standard InChI is InChI=1S/C17H22N2O3/c1-22-14-6-2-4-12(10-14)17(8-9-17)19-16(21)11-13-5-3-7-15(20)18-13/h2,4,6,10,13H,3,5,7-9,11H2,1H3,(H,18,20)(H,19,21). The van der Waals surface area contributed by atoms with Crippen molar-refractivity contribution in [3.63, 3.8) is 0 Å². The maximum Gasteiger partial charge on any atom is 0.222 e. The van der Waals surface area contributed by atoms with Gasteiger partial charge in [0, 0.05) is 18.9 Å². The lowest BCUT2D eigenvalue weighted by Gasteiger charge is -2.24. The Balaban J connectivity index is 1.61. The number of hydrogen-bond acceptors (Lipinski definition) is 3. The summed E-state index contributed by atoms with van der Waals surface area (Å²) in [5.74, 6) is 0.864. The van der Waals surface area contributed by atoms with Crippen LogP contribution >= 0.6 is 0 Å². The molecule has 2 fully saturated rings. The monoisotopic (exact) mass is 302 g/mol. The fraction of sp³-hybridized carbons (Fsp3) is 0.529. The number of nitrogens with one attached hydrogen (secondary N) is 2. The van der Waals surface area contributed by atoms with Gasteiger partial charge in [0.25, 0.3) is 0 Å². The maximum atomic E-state index is 12.3. The fourth-order valence-corrected chi connectivity index (χ4v) is 3.11. The molecule has 0 bridgehead atoms. The molecule has 1 unspecified atom stereocenters. The van der Waals surface area contributed by atoms with Crippen LogP contribution in [0.4, 0.5) is 0 Å². The molecule has 118 valence electrons. The second kappa shape index (κ2) is 5.99. The maximum absolute atomic E-state index is 12.3. The third-order valence-corrected chi connectivity index (χ3v) is 4.50. The highest BCUT2D eigenvalue weighted by atomic mass is 16.5. The Morgan fingerprint density at radius 3 is 2.95 bits per heavy atom. The Kier molecular flexibility index (Phi) is 4.05. The van der Waals surface area contributed by atoms with Gasteiger partial charge in [0.15, 0.2) is 0 Å². The molecule has 2 N–H and O–H groups in total. The number of rotatable bonds is 5. The Labute approximate surface area is 130 Å². The first-order chi connectivity index (χ1) is 10.6. The highest BCUT2D eigenvalue weighted by Gasteiger charge is 2.45. The van der Waals surface area contributed by atoms with Crippen molar-refractivity contribution in [2.24, 2.45) is 0 Å². The van der Waals surface area contributed by atoms with Gasteiger partial charge < -0.3 is 15.4 Å². The molecule has 5 heteroatoms. The van der Waals surface area contributed by atoms with Crippen molar-refractivity contribution in [3.05, 3.63) is 29.8 Å². The van der Waals surface area contributed by atoms with E-state index in [-0.39, 0.29) is 23.4 Å². The van der Waals surface area contributed by atoms with Crippen molar-refractivity contribution in [3.8, 4) is 5.75 Å². The fourth-order valence-electron chi connectivity index (χ4n) is 3.11. The molecule has 0 radical (unpaired) electrons.